The van der Waals surface area contributed by atoms with E-state index < -0.39 is 0 Å². The third-order valence-corrected chi connectivity index (χ3v) is 6.56. The fourth-order valence-corrected chi connectivity index (χ4v) is 4.76. The maximum absolute atomic E-state index is 13.0. The number of aryl methyl sites for hydroxylation is 1. The molecule has 0 saturated carbocycles. The lowest BCUT2D eigenvalue weighted by Gasteiger charge is -2.42. The van der Waals surface area contributed by atoms with Crippen molar-refractivity contribution < 1.29 is 9.53 Å². The molecule has 1 aromatic carbocycles. The van der Waals surface area contributed by atoms with E-state index in [0.29, 0.717) is 24.7 Å². The summed E-state index contributed by atoms with van der Waals surface area (Å²) in [7, 11) is 0. The van der Waals surface area contributed by atoms with Crippen molar-refractivity contribution >= 4 is 18.2 Å². The molecule has 0 radical (unpaired) electrons. The van der Waals surface area contributed by atoms with Crippen molar-refractivity contribution in [2.24, 2.45) is 10.7 Å². The minimum atomic E-state index is -0.197. The van der Waals surface area contributed by atoms with Crippen LogP contribution in [0, 0.1) is 0 Å². The van der Waals surface area contributed by atoms with Gasteiger partial charge in [0.2, 0.25) is 5.95 Å². The first-order valence-corrected chi connectivity index (χ1v) is 13.5. The van der Waals surface area contributed by atoms with Crippen LogP contribution in [0.25, 0.3) is 11.3 Å². The highest BCUT2D eigenvalue weighted by molar-refractivity contribution is 5.82. The molecule has 4 rings (SSSR count). The summed E-state index contributed by atoms with van der Waals surface area (Å²) in [5, 5.41) is 6.42. The molecule has 9 nitrogen and oxygen atoms in total. The fourth-order valence-electron chi connectivity index (χ4n) is 4.76. The van der Waals surface area contributed by atoms with Crippen molar-refractivity contribution in [1.29, 1.82) is 0 Å². The number of urea groups is 1. The van der Waals surface area contributed by atoms with Gasteiger partial charge in [0.05, 0.1) is 42.2 Å². The van der Waals surface area contributed by atoms with Gasteiger partial charge < -0.3 is 26.0 Å². The van der Waals surface area contributed by atoms with Crippen molar-refractivity contribution in [2.75, 3.05) is 18.4 Å². The first-order chi connectivity index (χ1) is 18.1. The number of rotatable bonds is 7. The van der Waals surface area contributed by atoms with Gasteiger partial charge in [-0.2, -0.15) is 0 Å². The molecular formula is C29H41N7O2. The van der Waals surface area contributed by atoms with E-state index in [4.69, 9.17) is 15.5 Å². The lowest BCUT2D eigenvalue weighted by atomic mass is 9.95. The Morgan fingerprint density at radius 2 is 2.03 bits per heavy atom. The topological polar surface area (TPSA) is 118 Å². The zero-order chi connectivity index (χ0) is 27.3. The maximum atomic E-state index is 13.0. The molecule has 1 unspecified atom stereocenters. The minimum Gasteiger partial charge on any atom is -0.403 e. The van der Waals surface area contributed by atoms with E-state index in [1.807, 2.05) is 45.6 Å². The standard InChI is InChI=1S/C29H41N7O2/c1-19(2)32-16-22(15-30)33-27-31-13-12-25(34-27)21-10-11-24-20(14-21)8-6-7-9-26(24)35-28(37)36-17-23(18-36)38-29(3,4)5/h10-16,19,23,26H,6-9,17-18,30H2,1-5H3,(H,35,37)(H,31,33,34). The Morgan fingerprint density at radius 1 is 1.24 bits per heavy atom. The SMILES string of the molecule is CC(C)N=CC(=CN)Nc1nccc(-c2ccc3c(c2)CCCCC3NC(=O)N2CC(OC(C)(C)C)C2)n1. The average molecular weight is 520 g/mol. The Kier molecular flexibility index (Phi) is 8.66. The number of carbonyl (C=O) groups excluding carboxylic acids is 1. The van der Waals surface area contributed by atoms with Gasteiger partial charge >= 0.3 is 6.03 Å². The molecule has 0 spiro atoms. The second kappa shape index (κ2) is 11.9. The van der Waals surface area contributed by atoms with E-state index in [0.717, 1.165) is 36.9 Å². The molecule has 9 heteroatoms. The first kappa shape index (κ1) is 27.6. The van der Waals surface area contributed by atoms with Gasteiger partial charge in [0.1, 0.15) is 0 Å². The number of nitrogens with zero attached hydrogens (tertiary/aromatic N) is 4. The molecule has 1 aliphatic carbocycles. The fraction of sp³-hybridized carbons (Fsp3) is 0.517. The molecule has 2 aromatic rings. The number of anilines is 1. The van der Waals surface area contributed by atoms with Crippen LogP contribution in [0.4, 0.5) is 10.7 Å². The van der Waals surface area contributed by atoms with Crippen LogP contribution in [-0.2, 0) is 11.2 Å². The second-order valence-corrected chi connectivity index (χ2v) is 11.3. The number of fused-ring (bicyclic) bond motifs is 1. The van der Waals surface area contributed by atoms with Gasteiger partial charge in [-0.3, -0.25) is 4.99 Å². The molecule has 38 heavy (non-hydrogen) atoms. The van der Waals surface area contributed by atoms with Crippen LogP contribution < -0.4 is 16.4 Å². The Hall–Kier alpha value is -3.46. The highest BCUT2D eigenvalue weighted by Gasteiger charge is 2.35. The molecule has 2 heterocycles. The van der Waals surface area contributed by atoms with Crippen LogP contribution in [0.2, 0.25) is 0 Å². The molecule has 1 saturated heterocycles. The number of carbonyl (C=O) groups is 1. The van der Waals surface area contributed by atoms with Gasteiger partial charge in [-0.1, -0.05) is 18.6 Å². The number of nitrogens with one attached hydrogen (secondary N) is 2. The zero-order valence-electron chi connectivity index (χ0n) is 23.2. The molecule has 2 aliphatic rings. The van der Waals surface area contributed by atoms with Crippen LogP contribution in [0.1, 0.15) is 71.0 Å². The number of benzene rings is 1. The number of aliphatic imine (C=N–C) groups is 1. The van der Waals surface area contributed by atoms with Crippen molar-refractivity contribution in [3.63, 3.8) is 0 Å². The number of hydrogen-bond donors (Lipinski definition) is 3. The second-order valence-electron chi connectivity index (χ2n) is 11.3. The largest absolute Gasteiger partial charge is 0.403 e. The number of aromatic nitrogens is 2. The summed E-state index contributed by atoms with van der Waals surface area (Å²) < 4.78 is 5.98. The Bertz CT molecular complexity index is 1180. The van der Waals surface area contributed by atoms with E-state index in [9.17, 15) is 4.79 Å². The van der Waals surface area contributed by atoms with Gasteiger partial charge in [-0.15, -0.1) is 0 Å². The van der Waals surface area contributed by atoms with Crippen LogP contribution in [-0.4, -0.2) is 57.9 Å². The number of nitrogens with two attached hydrogens (primary N) is 1. The third-order valence-electron chi connectivity index (χ3n) is 6.56. The minimum absolute atomic E-state index is 0.00300. The van der Waals surface area contributed by atoms with E-state index in [2.05, 4.69) is 38.8 Å². The molecule has 204 valence electrons. The van der Waals surface area contributed by atoms with Crippen LogP contribution in [0.3, 0.4) is 0 Å². The highest BCUT2D eigenvalue weighted by atomic mass is 16.5. The van der Waals surface area contributed by atoms with E-state index >= 15 is 0 Å². The summed E-state index contributed by atoms with van der Waals surface area (Å²) in [6.07, 6.45) is 9.05. The van der Waals surface area contributed by atoms with Gasteiger partial charge in [0, 0.05) is 30.2 Å². The molecule has 1 aliphatic heterocycles. The molecule has 0 bridgehead atoms. The van der Waals surface area contributed by atoms with Crippen molar-refractivity contribution in [2.45, 2.75) is 84.1 Å². The van der Waals surface area contributed by atoms with Crippen molar-refractivity contribution in [3.8, 4) is 11.3 Å². The van der Waals surface area contributed by atoms with Gasteiger partial charge in [0.25, 0.3) is 0 Å². The first-order valence-electron chi connectivity index (χ1n) is 13.5. The monoisotopic (exact) mass is 519 g/mol. The molecule has 2 amide bonds. The predicted octanol–water partition coefficient (Wildman–Crippen LogP) is 4.81. The Morgan fingerprint density at radius 3 is 2.74 bits per heavy atom. The number of amides is 2. The predicted molar refractivity (Wildman–Crippen MR) is 152 cm³/mol. The van der Waals surface area contributed by atoms with Crippen LogP contribution in [0.5, 0.6) is 0 Å². The van der Waals surface area contributed by atoms with E-state index in [1.54, 1.807) is 12.4 Å². The summed E-state index contributed by atoms with van der Waals surface area (Å²) in [6, 6.07) is 8.45. The highest BCUT2D eigenvalue weighted by Crippen LogP contribution is 2.32. The Labute approximate surface area is 226 Å². The third kappa shape index (κ3) is 7.31. The quantitative estimate of drug-likeness (QED) is 0.357. The summed E-state index contributed by atoms with van der Waals surface area (Å²) >= 11 is 0. The van der Waals surface area contributed by atoms with Gasteiger partial charge in [-0.25, -0.2) is 14.8 Å². The van der Waals surface area contributed by atoms with Crippen molar-refractivity contribution in [3.05, 3.63) is 53.5 Å². The van der Waals surface area contributed by atoms with Crippen molar-refractivity contribution in [1.82, 2.24) is 20.2 Å². The molecule has 1 atom stereocenters. The summed E-state index contributed by atoms with van der Waals surface area (Å²) in [4.78, 5) is 28.2. The van der Waals surface area contributed by atoms with Gasteiger partial charge in [-0.05, 0) is 77.1 Å². The smallest absolute Gasteiger partial charge is 0.318 e. The number of ether oxygens (including phenoxy) is 1. The maximum Gasteiger partial charge on any atom is 0.318 e. The number of likely N-dealkylation sites (tertiary alicyclic amines) is 1. The average Bonchev–Trinajstić information content (AvgIpc) is 3.04. The summed E-state index contributed by atoms with van der Waals surface area (Å²) in [6.45, 7) is 11.4. The molecule has 4 N–H and O–H groups in total. The van der Waals surface area contributed by atoms with Gasteiger partial charge in [0.15, 0.2) is 0 Å². The Balaban J connectivity index is 1.45. The van der Waals surface area contributed by atoms with Crippen LogP contribution >= 0.6 is 0 Å². The van der Waals surface area contributed by atoms with Crippen LogP contribution in [0.15, 0.2) is 47.4 Å². The summed E-state index contributed by atoms with van der Waals surface area (Å²) in [5.74, 6) is 0.456. The van der Waals surface area contributed by atoms with E-state index in [-0.39, 0.29) is 29.8 Å². The zero-order valence-corrected chi connectivity index (χ0v) is 23.2. The summed E-state index contributed by atoms with van der Waals surface area (Å²) in [5.41, 5.74) is 10.5. The number of allylic oxidation sites excluding steroid dienone is 1. The normalized spacial score (nSPS) is 18.7. The van der Waals surface area contributed by atoms with E-state index in [1.165, 1.54) is 17.3 Å². The lowest BCUT2D eigenvalue weighted by Crippen LogP contribution is -2.59. The lowest BCUT2D eigenvalue weighted by molar-refractivity contribution is -0.111. The number of hydrogen-bond acceptors (Lipinski definition) is 7. The molecular weight excluding hydrogens is 478 g/mol. The molecule has 1 aromatic heterocycles. The molecule has 1 fully saturated rings.